The Bertz CT molecular complexity index is 1670. The molecule has 48 heavy (non-hydrogen) atoms. The monoisotopic (exact) mass is 652 g/mol. The van der Waals surface area contributed by atoms with Gasteiger partial charge in [-0.15, -0.1) is 0 Å². The first kappa shape index (κ1) is 33.9. The van der Waals surface area contributed by atoms with Gasteiger partial charge in [-0.1, -0.05) is 72.8 Å². The van der Waals surface area contributed by atoms with Gasteiger partial charge in [0.1, 0.15) is 17.4 Å². The standard InChI is InChI=1S/C39H48N4O5/c1-39(2,3)41-38(47)33-25-42(24-31-21-28-14-8-10-16-35(28)48-31)17-18-43(33)23-30(44)20-29(19-26-11-5-4-6-12-26)37(46)40-36-32-15-9-7-13-27(32)22-34(36)45/h4-16,21,29-30,33-34,36,44-45H,17-20,22-25H2,1-3H3,(H,40,46)(H,41,47)/t29?,30?,33-,34+,36-/m0/s1. The van der Waals surface area contributed by atoms with E-state index >= 15 is 0 Å². The molecular formula is C39H48N4O5. The molecule has 9 heteroatoms. The second kappa shape index (κ2) is 14.6. The molecule has 2 aliphatic rings. The molecule has 1 fully saturated rings. The molecule has 2 heterocycles. The fourth-order valence-electron chi connectivity index (χ4n) is 7.15. The molecule has 0 bridgehead atoms. The molecule has 0 radical (unpaired) electrons. The van der Waals surface area contributed by atoms with Gasteiger partial charge in [0, 0.05) is 49.4 Å². The predicted octanol–water partition coefficient (Wildman–Crippen LogP) is 4.22. The van der Waals surface area contributed by atoms with E-state index in [9.17, 15) is 19.8 Å². The van der Waals surface area contributed by atoms with E-state index in [2.05, 4.69) is 26.5 Å². The van der Waals surface area contributed by atoms with Crippen molar-refractivity contribution in [1.29, 1.82) is 0 Å². The molecule has 2 amide bonds. The smallest absolute Gasteiger partial charge is 0.239 e. The van der Waals surface area contributed by atoms with Crippen molar-refractivity contribution >= 4 is 22.8 Å². The molecule has 1 aliphatic heterocycles. The minimum absolute atomic E-state index is 0.0866. The van der Waals surface area contributed by atoms with Crippen molar-refractivity contribution in [2.45, 2.75) is 76.4 Å². The summed E-state index contributed by atoms with van der Waals surface area (Å²) >= 11 is 0. The number of amides is 2. The van der Waals surface area contributed by atoms with E-state index in [1.165, 1.54) is 0 Å². The lowest BCUT2D eigenvalue weighted by atomic mass is 9.91. The lowest BCUT2D eigenvalue weighted by molar-refractivity contribution is -0.132. The second-order valence-electron chi connectivity index (χ2n) is 14.5. The zero-order valence-corrected chi connectivity index (χ0v) is 28.1. The molecule has 0 spiro atoms. The molecular weight excluding hydrogens is 604 g/mol. The Morgan fingerprint density at radius 1 is 0.979 bits per heavy atom. The molecule has 2 unspecified atom stereocenters. The average Bonchev–Trinajstić information content (AvgIpc) is 3.60. The van der Waals surface area contributed by atoms with Crippen molar-refractivity contribution < 1.29 is 24.2 Å². The van der Waals surface area contributed by atoms with Crippen LogP contribution in [0.15, 0.2) is 89.3 Å². The quantitative estimate of drug-likeness (QED) is 0.192. The summed E-state index contributed by atoms with van der Waals surface area (Å²) in [6.45, 7) is 8.51. The van der Waals surface area contributed by atoms with Crippen molar-refractivity contribution in [2.24, 2.45) is 5.92 Å². The summed E-state index contributed by atoms with van der Waals surface area (Å²) in [7, 11) is 0. The minimum Gasteiger partial charge on any atom is -0.460 e. The zero-order chi connectivity index (χ0) is 33.8. The van der Waals surface area contributed by atoms with Crippen molar-refractivity contribution in [3.8, 4) is 0 Å². The largest absolute Gasteiger partial charge is 0.460 e. The van der Waals surface area contributed by atoms with Gasteiger partial charge < -0.3 is 25.3 Å². The van der Waals surface area contributed by atoms with E-state index in [4.69, 9.17) is 4.42 Å². The lowest BCUT2D eigenvalue weighted by Crippen LogP contribution is -2.61. The van der Waals surface area contributed by atoms with E-state index in [-0.39, 0.29) is 24.8 Å². The van der Waals surface area contributed by atoms with Gasteiger partial charge in [0.05, 0.1) is 24.8 Å². The van der Waals surface area contributed by atoms with Crippen LogP contribution in [0.1, 0.15) is 55.7 Å². The number of carbonyl (C=O) groups excluding carboxylic acids is 2. The van der Waals surface area contributed by atoms with E-state index in [1.54, 1.807) is 0 Å². The molecule has 4 aromatic rings. The number of fused-ring (bicyclic) bond motifs is 2. The third kappa shape index (κ3) is 8.33. The Hall–Kier alpha value is -4.02. The van der Waals surface area contributed by atoms with Crippen LogP contribution in [0.25, 0.3) is 11.0 Å². The van der Waals surface area contributed by atoms with E-state index in [0.29, 0.717) is 39.0 Å². The average molecular weight is 653 g/mol. The molecule has 5 atom stereocenters. The number of hydrogen-bond acceptors (Lipinski definition) is 7. The number of carbonyl (C=O) groups is 2. The number of para-hydroxylation sites is 1. The SMILES string of the molecule is CC(C)(C)NC(=O)[C@@H]1CN(Cc2cc3ccccc3o2)CCN1CC(O)CC(Cc1ccccc1)C(=O)N[C@H]1c2ccccc2C[C@H]1O. The number of hydrogen-bond donors (Lipinski definition) is 4. The fourth-order valence-corrected chi connectivity index (χ4v) is 7.15. The molecule has 0 saturated carbocycles. The van der Waals surface area contributed by atoms with Crippen molar-refractivity contribution in [1.82, 2.24) is 20.4 Å². The van der Waals surface area contributed by atoms with Gasteiger partial charge >= 0.3 is 0 Å². The Morgan fingerprint density at radius 2 is 1.71 bits per heavy atom. The third-order valence-corrected chi connectivity index (χ3v) is 9.43. The van der Waals surface area contributed by atoms with E-state index in [1.807, 2.05) is 99.6 Å². The Balaban J connectivity index is 1.15. The first-order valence-corrected chi connectivity index (χ1v) is 17.1. The van der Waals surface area contributed by atoms with Crippen LogP contribution in [0, 0.1) is 5.92 Å². The highest BCUT2D eigenvalue weighted by Crippen LogP contribution is 2.32. The van der Waals surface area contributed by atoms with Gasteiger partial charge in [-0.25, -0.2) is 0 Å². The predicted molar refractivity (Wildman–Crippen MR) is 186 cm³/mol. The summed E-state index contributed by atoms with van der Waals surface area (Å²) in [6.07, 6.45) is -0.387. The summed E-state index contributed by atoms with van der Waals surface area (Å²) in [5.74, 6) is 0.0378. The molecule has 4 N–H and O–H groups in total. The first-order chi connectivity index (χ1) is 23.0. The summed E-state index contributed by atoms with van der Waals surface area (Å²) in [5, 5.41) is 29.7. The number of benzene rings is 3. The van der Waals surface area contributed by atoms with Crippen LogP contribution in [-0.4, -0.2) is 81.8 Å². The van der Waals surface area contributed by atoms with Gasteiger partial charge in [-0.3, -0.25) is 19.4 Å². The van der Waals surface area contributed by atoms with Gasteiger partial charge in [0.2, 0.25) is 11.8 Å². The van der Waals surface area contributed by atoms with Crippen LogP contribution in [0.4, 0.5) is 0 Å². The maximum atomic E-state index is 13.9. The number of rotatable bonds is 11. The highest BCUT2D eigenvalue weighted by Gasteiger charge is 2.37. The van der Waals surface area contributed by atoms with Crippen LogP contribution in [-0.2, 0) is 29.0 Å². The highest BCUT2D eigenvalue weighted by atomic mass is 16.3. The Kier molecular flexibility index (Phi) is 10.3. The van der Waals surface area contributed by atoms with E-state index < -0.39 is 35.7 Å². The van der Waals surface area contributed by atoms with Crippen molar-refractivity contribution in [3.63, 3.8) is 0 Å². The Labute approximate surface area is 282 Å². The fraction of sp³-hybridized carbons (Fsp3) is 0.436. The summed E-state index contributed by atoms with van der Waals surface area (Å²) in [5.41, 5.74) is 3.40. The number of aliphatic hydroxyl groups is 2. The highest BCUT2D eigenvalue weighted by molar-refractivity contribution is 5.83. The minimum atomic E-state index is -0.850. The van der Waals surface area contributed by atoms with Gasteiger partial charge in [0.25, 0.3) is 0 Å². The van der Waals surface area contributed by atoms with Gasteiger partial charge in [0.15, 0.2) is 0 Å². The number of β-amino-alcohol motifs (C(OH)–C–C–N with tert-alkyl or cyclic N) is 1. The number of nitrogens with zero attached hydrogens (tertiary/aromatic N) is 2. The number of furan rings is 1. The topological polar surface area (TPSA) is 118 Å². The maximum absolute atomic E-state index is 13.9. The molecule has 254 valence electrons. The van der Waals surface area contributed by atoms with Crippen molar-refractivity contribution in [3.05, 3.63) is 107 Å². The van der Waals surface area contributed by atoms with Gasteiger partial charge in [-0.05, 0) is 62.4 Å². The molecule has 1 saturated heterocycles. The normalized spacial score (nSPS) is 21.5. The van der Waals surface area contributed by atoms with Crippen LogP contribution in [0.5, 0.6) is 0 Å². The number of nitrogens with one attached hydrogen (secondary N) is 2. The molecule has 3 aromatic carbocycles. The molecule has 6 rings (SSSR count). The number of piperazine rings is 1. The summed E-state index contributed by atoms with van der Waals surface area (Å²) in [6, 6.07) is 26.6. The Morgan fingerprint density at radius 3 is 2.48 bits per heavy atom. The lowest BCUT2D eigenvalue weighted by Gasteiger charge is -2.42. The van der Waals surface area contributed by atoms with Crippen molar-refractivity contribution in [2.75, 3.05) is 26.2 Å². The van der Waals surface area contributed by atoms with E-state index in [0.717, 1.165) is 33.4 Å². The number of aliphatic hydroxyl groups excluding tert-OH is 2. The van der Waals surface area contributed by atoms with Crippen LogP contribution < -0.4 is 10.6 Å². The third-order valence-electron chi connectivity index (χ3n) is 9.43. The molecule has 1 aromatic heterocycles. The maximum Gasteiger partial charge on any atom is 0.239 e. The first-order valence-electron chi connectivity index (χ1n) is 17.1. The second-order valence-corrected chi connectivity index (χ2v) is 14.5. The van der Waals surface area contributed by atoms with Crippen LogP contribution in [0.3, 0.4) is 0 Å². The van der Waals surface area contributed by atoms with Crippen LogP contribution >= 0.6 is 0 Å². The van der Waals surface area contributed by atoms with Crippen LogP contribution in [0.2, 0.25) is 0 Å². The summed E-state index contributed by atoms with van der Waals surface area (Å²) in [4.78, 5) is 31.8. The zero-order valence-electron chi connectivity index (χ0n) is 28.1. The summed E-state index contributed by atoms with van der Waals surface area (Å²) < 4.78 is 6.08. The van der Waals surface area contributed by atoms with Gasteiger partial charge in [-0.2, -0.15) is 0 Å². The molecule has 1 aliphatic carbocycles. The molecule has 9 nitrogen and oxygen atoms in total.